The van der Waals surface area contributed by atoms with Gasteiger partial charge in [0.15, 0.2) is 0 Å². The smallest absolute Gasteiger partial charge is 0.122 e. The molecule has 2 aromatic carbocycles. The van der Waals surface area contributed by atoms with Crippen molar-refractivity contribution in [2.45, 2.75) is 19.5 Å². The van der Waals surface area contributed by atoms with Crippen LogP contribution in [0.5, 0.6) is 5.75 Å². The molecule has 0 saturated carbocycles. The highest BCUT2D eigenvalue weighted by Crippen LogP contribution is 2.26. The zero-order chi connectivity index (χ0) is 16.9. The van der Waals surface area contributed by atoms with Crippen LogP contribution < -0.4 is 10.1 Å². The van der Waals surface area contributed by atoms with Gasteiger partial charge in [-0.05, 0) is 35.7 Å². The highest BCUT2D eigenvalue weighted by atomic mass is 16.5. The molecule has 3 nitrogen and oxygen atoms in total. The number of hydrogen-bond donors (Lipinski definition) is 1. The Balaban J connectivity index is 1.31. The van der Waals surface area contributed by atoms with Crippen LogP contribution in [-0.2, 0) is 19.5 Å². The number of benzene rings is 2. The summed E-state index contributed by atoms with van der Waals surface area (Å²) in [4.78, 5) is 0. The second-order valence-corrected chi connectivity index (χ2v) is 6.73. The van der Waals surface area contributed by atoms with Crippen molar-refractivity contribution in [2.75, 3.05) is 13.2 Å². The van der Waals surface area contributed by atoms with Crippen LogP contribution in [-0.4, -0.2) is 17.7 Å². The van der Waals surface area contributed by atoms with E-state index in [0.717, 1.165) is 38.4 Å². The molecular weight excluding hydrogens is 308 g/mol. The van der Waals surface area contributed by atoms with E-state index >= 15 is 0 Å². The van der Waals surface area contributed by atoms with E-state index in [1.165, 1.54) is 16.8 Å². The van der Waals surface area contributed by atoms with Crippen molar-refractivity contribution in [3.63, 3.8) is 0 Å². The molecule has 0 bridgehead atoms. The van der Waals surface area contributed by atoms with Crippen LogP contribution in [0.1, 0.15) is 16.8 Å². The lowest BCUT2D eigenvalue weighted by atomic mass is 9.97. The van der Waals surface area contributed by atoms with E-state index in [4.69, 9.17) is 4.74 Å². The Morgan fingerprint density at radius 1 is 0.960 bits per heavy atom. The molecule has 0 spiro atoms. The molecule has 0 saturated heterocycles. The summed E-state index contributed by atoms with van der Waals surface area (Å²) in [5.74, 6) is 1.59. The lowest BCUT2D eigenvalue weighted by molar-refractivity contribution is 0.218. The van der Waals surface area contributed by atoms with Gasteiger partial charge in [-0.25, -0.2) is 0 Å². The fourth-order valence-corrected chi connectivity index (χ4v) is 3.47. The van der Waals surface area contributed by atoms with E-state index in [1.807, 2.05) is 6.07 Å². The summed E-state index contributed by atoms with van der Waals surface area (Å²) in [7, 11) is 0. The van der Waals surface area contributed by atoms with Gasteiger partial charge >= 0.3 is 0 Å². The van der Waals surface area contributed by atoms with E-state index in [2.05, 4.69) is 76.7 Å². The Kier molecular flexibility index (Phi) is 4.84. The van der Waals surface area contributed by atoms with Crippen molar-refractivity contribution in [1.29, 1.82) is 0 Å². The van der Waals surface area contributed by atoms with Gasteiger partial charge in [0.2, 0.25) is 0 Å². The molecule has 0 fully saturated rings. The maximum atomic E-state index is 5.88. The molecule has 4 rings (SSSR count). The first-order valence-electron chi connectivity index (χ1n) is 8.98. The van der Waals surface area contributed by atoms with Gasteiger partial charge in [0.05, 0.1) is 6.61 Å². The van der Waals surface area contributed by atoms with Crippen molar-refractivity contribution in [1.82, 2.24) is 9.88 Å². The van der Waals surface area contributed by atoms with E-state index in [1.54, 1.807) is 0 Å². The number of aromatic nitrogens is 1. The molecule has 1 unspecified atom stereocenters. The van der Waals surface area contributed by atoms with Gasteiger partial charge in [-0.1, -0.05) is 48.5 Å². The Labute approximate surface area is 149 Å². The monoisotopic (exact) mass is 332 g/mol. The first-order chi connectivity index (χ1) is 12.4. The van der Waals surface area contributed by atoms with Crippen LogP contribution in [0.3, 0.4) is 0 Å². The van der Waals surface area contributed by atoms with E-state index in [-0.39, 0.29) is 0 Å². The van der Waals surface area contributed by atoms with Crippen molar-refractivity contribution < 1.29 is 4.74 Å². The highest BCUT2D eigenvalue weighted by molar-refractivity contribution is 5.35. The first kappa shape index (κ1) is 16.0. The maximum Gasteiger partial charge on any atom is 0.122 e. The quantitative estimate of drug-likeness (QED) is 0.741. The Bertz CT molecular complexity index is 810. The molecule has 25 heavy (non-hydrogen) atoms. The second kappa shape index (κ2) is 7.58. The van der Waals surface area contributed by atoms with Crippen molar-refractivity contribution in [3.05, 3.63) is 89.7 Å². The molecule has 0 amide bonds. The van der Waals surface area contributed by atoms with Crippen LogP contribution in [0.4, 0.5) is 0 Å². The zero-order valence-electron chi connectivity index (χ0n) is 14.4. The van der Waals surface area contributed by atoms with Crippen LogP contribution in [0.2, 0.25) is 0 Å². The van der Waals surface area contributed by atoms with Gasteiger partial charge in [-0.15, -0.1) is 0 Å². The average Bonchev–Trinajstić information content (AvgIpc) is 3.09. The number of rotatable bonds is 6. The maximum absolute atomic E-state index is 5.88. The van der Waals surface area contributed by atoms with Crippen molar-refractivity contribution in [2.24, 2.45) is 5.92 Å². The summed E-state index contributed by atoms with van der Waals surface area (Å²) in [6.45, 7) is 3.59. The third kappa shape index (κ3) is 3.94. The third-order valence-corrected chi connectivity index (χ3v) is 4.81. The summed E-state index contributed by atoms with van der Waals surface area (Å²) in [6, 6.07) is 23.3. The molecule has 1 atom stereocenters. The molecule has 1 aromatic heterocycles. The van der Waals surface area contributed by atoms with Gasteiger partial charge < -0.3 is 14.6 Å². The summed E-state index contributed by atoms with van der Waals surface area (Å²) >= 11 is 0. The fraction of sp³-hybridized carbons (Fsp3) is 0.273. The molecule has 1 N–H and O–H groups in total. The number of para-hydroxylation sites is 1. The number of nitrogens with zero attached hydrogens (tertiary/aromatic N) is 1. The van der Waals surface area contributed by atoms with Crippen LogP contribution in [0.15, 0.2) is 72.9 Å². The minimum atomic E-state index is 0.535. The lowest BCUT2D eigenvalue weighted by Gasteiger charge is -2.25. The van der Waals surface area contributed by atoms with E-state index < -0.39 is 0 Å². The van der Waals surface area contributed by atoms with Gasteiger partial charge in [0.1, 0.15) is 5.75 Å². The molecule has 2 heterocycles. The van der Waals surface area contributed by atoms with Crippen LogP contribution >= 0.6 is 0 Å². The largest absolute Gasteiger partial charge is 0.493 e. The SMILES string of the molecule is c1ccc(Cn2cccc2CNCC2COc3ccccc3C2)cc1. The Morgan fingerprint density at radius 3 is 2.72 bits per heavy atom. The molecule has 3 heteroatoms. The normalized spacial score (nSPS) is 16.2. The highest BCUT2D eigenvalue weighted by Gasteiger charge is 2.19. The topological polar surface area (TPSA) is 26.2 Å². The minimum absolute atomic E-state index is 0.535. The number of hydrogen-bond acceptors (Lipinski definition) is 2. The third-order valence-electron chi connectivity index (χ3n) is 4.81. The van der Waals surface area contributed by atoms with Crippen LogP contribution in [0.25, 0.3) is 0 Å². The van der Waals surface area contributed by atoms with Crippen LogP contribution in [0, 0.1) is 5.92 Å². The molecule has 0 radical (unpaired) electrons. The van der Waals surface area contributed by atoms with E-state index in [9.17, 15) is 0 Å². The molecule has 1 aliphatic heterocycles. The standard InChI is InChI=1S/C22H24N2O/c1-2-7-18(8-3-1)16-24-12-6-10-21(24)15-23-14-19-13-20-9-4-5-11-22(20)25-17-19/h1-12,19,23H,13-17H2. The predicted molar refractivity (Wildman–Crippen MR) is 101 cm³/mol. The Hall–Kier alpha value is -2.52. The zero-order valence-corrected chi connectivity index (χ0v) is 14.4. The number of fused-ring (bicyclic) bond motifs is 1. The second-order valence-electron chi connectivity index (χ2n) is 6.73. The van der Waals surface area contributed by atoms with E-state index in [0.29, 0.717) is 5.92 Å². The summed E-state index contributed by atoms with van der Waals surface area (Å²) < 4.78 is 8.20. The molecule has 3 aromatic rings. The summed E-state index contributed by atoms with van der Waals surface area (Å²) in [5.41, 5.74) is 3.98. The van der Waals surface area contributed by atoms with Gasteiger partial charge in [0.25, 0.3) is 0 Å². The molecule has 128 valence electrons. The Morgan fingerprint density at radius 2 is 1.80 bits per heavy atom. The predicted octanol–water partition coefficient (Wildman–Crippen LogP) is 3.88. The summed E-state index contributed by atoms with van der Waals surface area (Å²) in [6.07, 6.45) is 3.25. The first-order valence-corrected chi connectivity index (χ1v) is 8.98. The van der Waals surface area contributed by atoms with Gasteiger partial charge in [-0.3, -0.25) is 0 Å². The average molecular weight is 332 g/mol. The molecular formula is C22H24N2O. The fourth-order valence-electron chi connectivity index (χ4n) is 3.47. The van der Waals surface area contributed by atoms with Gasteiger partial charge in [0, 0.05) is 37.4 Å². The molecule has 1 aliphatic rings. The lowest BCUT2D eigenvalue weighted by Crippen LogP contribution is -2.31. The molecule has 0 aliphatic carbocycles. The van der Waals surface area contributed by atoms with Crippen molar-refractivity contribution in [3.8, 4) is 5.75 Å². The van der Waals surface area contributed by atoms with Crippen molar-refractivity contribution >= 4 is 0 Å². The number of nitrogens with one attached hydrogen (secondary N) is 1. The summed E-state index contributed by atoms with van der Waals surface area (Å²) in [5, 5.41) is 3.61. The minimum Gasteiger partial charge on any atom is -0.493 e. The number of ether oxygens (including phenoxy) is 1. The van der Waals surface area contributed by atoms with Gasteiger partial charge in [-0.2, -0.15) is 0 Å².